The van der Waals surface area contributed by atoms with Crippen LogP contribution in [0, 0.1) is 6.92 Å². The number of carbonyl (C=O) groups is 2. The number of ketones is 1. The topological polar surface area (TPSA) is 83.2 Å². The quantitative estimate of drug-likeness (QED) is 0.368. The molecule has 1 atom stereocenters. The second kappa shape index (κ2) is 8.26. The maximum atomic E-state index is 13.1. The lowest BCUT2D eigenvalue weighted by atomic mass is 9.96. The molecule has 0 bridgehead atoms. The van der Waals surface area contributed by atoms with Gasteiger partial charge in [0, 0.05) is 31.0 Å². The van der Waals surface area contributed by atoms with Crippen LogP contribution in [0.3, 0.4) is 0 Å². The van der Waals surface area contributed by atoms with Gasteiger partial charge in [-0.2, -0.15) is 0 Å². The molecule has 0 radical (unpaired) electrons. The standard InChI is InChI=1S/C25H24N2O5/c1-15-14-18(31-4)11-12-19(15)23(28)21-22(20-6-5-13-32-20)27(25(30)24(21)29)17-9-7-16(8-10-17)26(2)3/h5-14,22,28H,1-4H3/b23-21-. The van der Waals surface area contributed by atoms with E-state index in [4.69, 9.17) is 9.15 Å². The summed E-state index contributed by atoms with van der Waals surface area (Å²) in [5.41, 5.74) is 2.62. The molecule has 1 amide bonds. The van der Waals surface area contributed by atoms with Crippen LogP contribution in [0.1, 0.15) is 22.9 Å². The molecule has 1 unspecified atom stereocenters. The average molecular weight is 432 g/mol. The van der Waals surface area contributed by atoms with Crippen molar-refractivity contribution in [2.24, 2.45) is 0 Å². The molecule has 0 saturated carbocycles. The Morgan fingerprint density at radius 2 is 1.81 bits per heavy atom. The van der Waals surface area contributed by atoms with Gasteiger partial charge in [-0.3, -0.25) is 14.5 Å². The molecule has 1 aliphatic rings. The van der Waals surface area contributed by atoms with E-state index in [2.05, 4.69) is 0 Å². The van der Waals surface area contributed by atoms with Crippen molar-refractivity contribution in [1.29, 1.82) is 0 Å². The fourth-order valence-corrected chi connectivity index (χ4v) is 3.90. The Bertz CT molecular complexity index is 1190. The largest absolute Gasteiger partial charge is 0.507 e. The zero-order valence-electron chi connectivity index (χ0n) is 18.3. The van der Waals surface area contributed by atoms with Gasteiger partial charge >= 0.3 is 0 Å². The number of ether oxygens (including phenoxy) is 1. The van der Waals surface area contributed by atoms with Gasteiger partial charge in [-0.05, 0) is 67.1 Å². The summed E-state index contributed by atoms with van der Waals surface area (Å²) in [5.74, 6) is -0.735. The molecule has 32 heavy (non-hydrogen) atoms. The van der Waals surface area contributed by atoms with E-state index in [0.29, 0.717) is 28.3 Å². The Morgan fingerprint density at radius 3 is 2.38 bits per heavy atom. The number of benzene rings is 2. The highest BCUT2D eigenvalue weighted by Crippen LogP contribution is 2.43. The lowest BCUT2D eigenvalue weighted by Gasteiger charge is -2.24. The molecule has 164 valence electrons. The predicted molar refractivity (Wildman–Crippen MR) is 122 cm³/mol. The fraction of sp³-hybridized carbons (Fsp3) is 0.200. The van der Waals surface area contributed by atoms with Gasteiger partial charge in [-0.1, -0.05) is 0 Å². The Morgan fingerprint density at radius 1 is 1.09 bits per heavy atom. The molecule has 3 aromatic rings. The normalized spacial score (nSPS) is 17.6. The highest BCUT2D eigenvalue weighted by molar-refractivity contribution is 6.51. The number of anilines is 2. The van der Waals surface area contributed by atoms with E-state index in [0.717, 1.165) is 5.69 Å². The summed E-state index contributed by atoms with van der Waals surface area (Å²) in [6.45, 7) is 1.80. The zero-order chi connectivity index (χ0) is 23.0. The zero-order valence-corrected chi connectivity index (χ0v) is 18.3. The Labute approximate surface area is 186 Å². The summed E-state index contributed by atoms with van der Waals surface area (Å²) < 4.78 is 10.8. The van der Waals surface area contributed by atoms with Gasteiger partial charge in [-0.25, -0.2) is 0 Å². The minimum atomic E-state index is -0.892. The van der Waals surface area contributed by atoms with Crippen molar-refractivity contribution in [3.63, 3.8) is 0 Å². The second-order valence-corrected chi connectivity index (χ2v) is 7.78. The number of aliphatic hydroxyl groups excluding tert-OH is 1. The minimum Gasteiger partial charge on any atom is -0.507 e. The number of rotatable bonds is 5. The van der Waals surface area contributed by atoms with Crippen molar-refractivity contribution in [3.05, 3.63) is 83.3 Å². The first kappa shape index (κ1) is 21.2. The van der Waals surface area contributed by atoms with E-state index in [1.54, 1.807) is 56.5 Å². The van der Waals surface area contributed by atoms with Crippen molar-refractivity contribution < 1.29 is 23.8 Å². The molecule has 0 aliphatic carbocycles. The van der Waals surface area contributed by atoms with Crippen molar-refractivity contribution in [3.8, 4) is 5.75 Å². The van der Waals surface area contributed by atoms with E-state index < -0.39 is 17.7 Å². The first-order valence-electron chi connectivity index (χ1n) is 10.1. The van der Waals surface area contributed by atoms with Gasteiger partial charge in [0.25, 0.3) is 11.7 Å². The third kappa shape index (κ3) is 3.51. The van der Waals surface area contributed by atoms with Gasteiger partial charge in [0.2, 0.25) is 0 Å². The maximum Gasteiger partial charge on any atom is 0.300 e. The molecule has 7 nitrogen and oxygen atoms in total. The van der Waals surface area contributed by atoms with Crippen molar-refractivity contribution in [2.45, 2.75) is 13.0 Å². The smallest absolute Gasteiger partial charge is 0.300 e. The van der Waals surface area contributed by atoms with Crippen molar-refractivity contribution in [1.82, 2.24) is 0 Å². The minimum absolute atomic E-state index is 0.0186. The molecule has 0 spiro atoms. The Hall–Kier alpha value is -4.00. The summed E-state index contributed by atoms with van der Waals surface area (Å²) in [7, 11) is 5.39. The van der Waals surface area contributed by atoms with E-state index >= 15 is 0 Å². The highest BCUT2D eigenvalue weighted by Gasteiger charge is 2.48. The molecule has 2 aromatic carbocycles. The first-order valence-corrected chi connectivity index (χ1v) is 10.1. The number of methoxy groups -OCH3 is 1. The number of carbonyl (C=O) groups excluding carboxylic acids is 2. The number of nitrogens with zero attached hydrogens (tertiary/aromatic N) is 2. The molecule has 1 fully saturated rings. The number of aliphatic hydroxyl groups is 1. The number of furan rings is 1. The average Bonchev–Trinajstić information content (AvgIpc) is 3.40. The molecule has 1 aromatic heterocycles. The van der Waals surface area contributed by atoms with Crippen LogP contribution in [0.2, 0.25) is 0 Å². The molecule has 1 N–H and O–H groups in total. The second-order valence-electron chi connectivity index (χ2n) is 7.78. The van der Waals surface area contributed by atoms with Crippen LogP contribution in [-0.4, -0.2) is 38.0 Å². The van der Waals surface area contributed by atoms with E-state index in [-0.39, 0.29) is 11.3 Å². The molecular formula is C25H24N2O5. The lowest BCUT2D eigenvalue weighted by Crippen LogP contribution is -2.29. The monoisotopic (exact) mass is 432 g/mol. The Kier molecular flexibility index (Phi) is 5.48. The van der Waals surface area contributed by atoms with Crippen LogP contribution in [0.15, 0.2) is 70.9 Å². The van der Waals surface area contributed by atoms with E-state index in [1.165, 1.54) is 11.2 Å². The summed E-state index contributed by atoms with van der Waals surface area (Å²) in [4.78, 5) is 29.6. The predicted octanol–water partition coefficient (Wildman–Crippen LogP) is 4.29. The van der Waals surface area contributed by atoms with Crippen molar-refractivity contribution >= 4 is 28.8 Å². The summed E-state index contributed by atoms with van der Waals surface area (Å²) in [6.07, 6.45) is 1.48. The third-order valence-electron chi connectivity index (χ3n) is 5.59. The van der Waals surface area contributed by atoms with Gasteiger partial charge in [0.1, 0.15) is 23.3 Å². The lowest BCUT2D eigenvalue weighted by molar-refractivity contribution is -0.132. The van der Waals surface area contributed by atoms with E-state index in [9.17, 15) is 14.7 Å². The van der Waals surface area contributed by atoms with Crippen LogP contribution in [0.5, 0.6) is 5.75 Å². The van der Waals surface area contributed by atoms with Crippen LogP contribution in [0.4, 0.5) is 11.4 Å². The van der Waals surface area contributed by atoms with Gasteiger partial charge in [-0.15, -0.1) is 0 Å². The molecule has 1 saturated heterocycles. The molecular weight excluding hydrogens is 408 g/mol. The van der Waals surface area contributed by atoms with Crippen molar-refractivity contribution in [2.75, 3.05) is 31.0 Å². The third-order valence-corrected chi connectivity index (χ3v) is 5.59. The van der Waals surface area contributed by atoms with Crippen LogP contribution in [0.25, 0.3) is 5.76 Å². The van der Waals surface area contributed by atoms with Crippen LogP contribution in [-0.2, 0) is 9.59 Å². The maximum absolute atomic E-state index is 13.1. The van der Waals surface area contributed by atoms with Crippen LogP contribution < -0.4 is 14.5 Å². The summed E-state index contributed by atoms with van der Waals surface area (Å²) in [5, 5.41) is 11.2. The number of amides is 1. The number of hydrogen-bond acceptors (Lipinski definition) is 6. The van der Waals surface area contributed by atoms with Gasteiger partial charge < -0.3 is 19.2 Å². The highest BCUT2D eigenvalue weighted by atomic mass is 16.5. The molecule has 1 aliphatic heterocycles. The number of Topliss-reactive ketones (excluding diaryl/α,β-unsaturated/α-hetero) is 1. The summed E-state index contributed by atoms with van der Waals surface area (Å²) >= 11 is 0. The SMILES string of the molecule is COc1ccc(/C(O)=C2/C(=O)C(=O)N(c3ccc(N(C)C)cc3)C2c2ccco2)c(C)c1. The fourth-order valence-electron chi connectivity index (χ4n) is 3.90. The first-order chi connectivity index (χ1) is 15.3. The van der Waals surface area contributed by atoms with E-state index in [1.807, 2.05) is 31.1 Å². The molecule has 2 heterocycles. The van der Waals surface area contributed by atoms with Crippen LogP contribution >= 0.6 is 0 Å². The number of hydrogen-bond donors (Lipinski definition) is 1. The molecule has 7 heteroatoms. The summed E-state index contributed by atoms with van der Waals surface area (Å²) in [6, 6.07) is 14.9. The Balaban J connectivity index is 1.88. The van der Waals surface area contributed by atoms with Gasteiger partial charge in [0.15, 0.2) is 0 Å². The number of aryl methyl sites for hydroxylation is 1. The van der Waals surface area contributed by atoms with Gasteiger partial charge in [0.05, 0.1) is 18.9 Å². The molecule has 4 rings (SSSR count).